The van der Waals surface area contributed by atoms with Crippen molar-refractivity contribution in [2.24, 2.45) is 0 Å². The van der Waals surface area contributed by atoms with Crippen LogP contribution in [0.15, 0.2) is 18.2 Å². The number of nitrogens with zero attached hydrogens (tertiary/aromatic N) is 1. The maximum Gasteiger partial charge on any atom is 0.254 e. The Kier molecular flexibility index (Phi) is 5.26. The molecule has 126 valence electrons. The molecule has 0 radical (unpaired) electrons. The topological polar surface area (TPSA) is 32.3 Å². The first-order valence-electron chi connectivity index (χ1n) is 8.63. The molecule has 1 aromatic carbocycles. The summed E-state index contributed by atoms with van der Waals surface area (Å²) in [6, 6.07) is 3.62. The number of likely N-dealkylation sites (tertiary alicyclic amines) is 1. The van der Waals surface area contributed by atoms with Crippen molar-refractivity contribution < 1.29 is 13.6 Å². The van der Waals surface area contributed by atoms with Gasteiger partial charge in [0.2, 0.25) is 0 Å². The standard InChI is InChI=1S/C18H24F2N2O/c19-13-7-8-17(20)16(11-13)18(23)21-14-9-10-22(12-14)15-5-3-1-2-4-6-15/h7-8,11,14-15H,1-6,9-10,12H2,(H,21,23)/t14-/m0/s1. The van der Waals surface area contributed by atoms with Crippen molar-refractivity contribution in [3.05, 3.63) is 35.4 Å². The number of halogens is 2. The highest BCUT2D eigenvalue weighted by Gasteiger charge is 2.30. The Hall–Kier alpha value is -1.49. The molecule has 0 spiro atoms. The summed E-state index contributed by atoms with van der Waals surface area (Å²) >= 11 is 0. The fraction of sp³-hybridized carbons (Fsp3) is 0.611. The first kappa shape index (κ1) is 16.4. The van der Waals surface area contributed by atoms with Crippen molar-refractivity contribution in [1.29, 1.82) is 0 Å². The van der Waals surface area contributed by atoms with Gasteiger partial charge in [-0.1, -0.05) is 25.7 Å². The second kappa shape index (κ2) is 7.39. The predicted octanol–water partition coefficient (Wildman–Crippen LogP) is 3.49. The lowest BCUT2D eigenvalue weighted by atomic mass is 10.1. The van der Waals surface area contributed by atoms with Gasteiger partial charge >= 0.3 is 0 Å². The van der Waals surface area contributed by atoms with Gasteiger partial charge in [0.15, 0.2) is 0 Å². The number of benzene rings is 1. The van der Waals surface area contributed by atoms with Crippen LogP contribution in [-0.4, -0.2) is 36.0 Å². The molecule has 5 heteroatoms. The third-order valence-electron chi connectivity index (χ3n) is 5.07. The van der Waals surface area contributed by atoms with Crippen molar-refractivity contribution in [1.82, 2.24) is 10.2 Å². The fourth-order valence-electron chi connectivity index (χ4n) is 3.79. The molecule has 1 heterocycles. The van der Waals surface area contributed by atoms with E-state index in [1.807, 2.05) is 0 Å². The highest BCUT2D eigenvalue weighted by atomic mass is 19.1. The quantitative estimate of drug-likeness (QED) is 0.864. The molecule has 1 atom stereocenters. The van der Waals surface area contributed by atoms with Crippen LogP contribution < -0.4 is 5.32 Å². The summed E-state index contributed by atoms with van der Waals surface area (Å²) in [4.78, 5) is 14.6. The number of hydrogen-bond acceptors (Lipinski definition) is 2. The Bertz CT molecular complexity index is 556. The second-order valence-electron chi connectivity index (χ2n) is 6.72. The molecule has 1 aromatic rings. The summed E-state index contributed by atoms with van der Waals surface area (Å²) in [5.41, 5.74) is -0.210. The molecule has 0 unspecified atom stereocenters. The molecule has 2 aliphatic rings. The van der Waals surface area contributed by atoms with Gasteiger partial charge in [-0.3, -0.25) is 9.69 Å². The van der Waals surface area contributed by atoms with Gasteiger partial charge in [0.1, 0.15) is 11.6 Å². The van der Waals surface area contributed by atoms with E-state index in [0.29, 0.717) is 6.04 Å². The summed E-state index contributed by atoms with van der Waals surface area (Å²) < 4.78 is 26.9. The van der Waals surface area contributed by atoms with Crippen molar-refractivity contribution in [2.45, 2.75) is 57.0 Å². The maximum atomic E-state index is 13.7. The molecule has 23 heavy (non-hydrogen) atoms. The van der Waals surface area contributed by atoms with Crippen LogP contribution in [-0.2, 0) is 0 Å². The first-order chi connectivity index (χ1) is 11.1. The number of carbonyl (C=O) groups is 1. The Morgan fingerprint density at radius 3 is 2.57 bits per heavy atom. The van der Waals surface area contributed by atoms with Crippen molar-refractivity contribution in [2.75, 3.05) is 13.1 Å². The lowest BCUT2D eigenvalue weighted by Gasteiger charge is -2.26. The van der Waals surface area contributed by atoms with Gasteiger partial charge in [-0.05, 0) is 37.5 Å². The van der Waals surface area contributed by atoms with E-state index >= 15 is 0 Å². The average molecular weight is 322 g/mol. The molecule has 1 saturated carbocycles. The fourth-order valence-corrected chi connectivity index (χ4v) is 3.79. The van der Waals surface area contributed by atoms with E-state index in [1.165, 1.54) is 38.5 Å². The highest BCUT2D eigenvalue weighted by Crippen LogP contribution is 2.25. The van der Waals surface area contributed by atoms with E-state index in [9.17, 15) is 13.6 Å². The summed E-state index contributed by atoms with van der Waals surface area (Å²) in [5.74, 6) is -1.79. The van der Waals surface area contributed by atoms with Gasteiger partial charge in [0, 0.05) is 25.2 Å². The van der Waals surface area contributed by atoms with Crippen LogP contribution in [0, 0.1) is 11.6 Å². The maximum absolute atomic E-state index is 13.7. The zero-order valence-corrected chi connectivity index (χ0v) is 13.4. The van der Waals surface area contributed by atoms with Crippen LogP contribution in [0.2, 0.25) is 0 Å². The second-order valence-corrected chi connectivity index (χ2v) is 6.72. The molecule has 3 rings (SSSR count). The highest BCUT2D eigenvalue weighted by molar-refractivity contribution is 5.94. The Labute approximate surface area is 136 Å². The lowest BCUT2D eigenvalue weighted by Crippen LogP contribution is -2.40. The Morgan fingerprint density at radius 1 is 1.09 bits per heavy atom. The molecule has 1 amide bonds. The van der Waals surface area contributed by atoms with E-state index in [1.54, 1.807) is 0 Å². The van der Waals surface area contributed by atoms with Gasteiger partial charge in [-0.15, -0.1) is 0 Å². The largest absolute Gasteiger partial charge is 0.348 e. The smallest absolute Gasteiger partial charge is 0.254 e. The van der Waals surface area contributed by atoms with E-state index in [2.05, 4.69) is 10.2 Å². The molecule has 1 saturated heterocycles. The van der Waals surface area contributed by atoms with Crippen LogP contribution in [0.5, 0.6) is 0 Å². The molecular formula is C18H24F2N2O. The minimum Gasteiger partial charge on any atom is -0.348 e. The number of carbonyl (C=O) groups excluding carboxylic acids is 1. The number of rotatable bonds is 3. The lowest BCUT2D eigenvalue weighted by molar-refractivity contribution is 0.0931. The number of hydrogen-bond donors (Lipinski definition) is 1. The molecule has 0 bridgehead atoms. The zero-order chi connectivity index (χ0) is 16.2. The molecular weight excluding hydrogens is 298 g/mol. The van der Waals surface area contributed by atoms with Crippen molar-refractivity contribution in [3.63, 3.8) is 0 Å². The number of amides is 1. The van der Waals surface area contributed by atoms with E-state index < -0.39 is 17.5 Å². The van der Waals surface area contributed by atoms with Crippen molar-refractivity contribution >= 4 is 5.91 Å². The first-order valence-corrected chi connectivity index (χ1v) is 8.63. The van der Waals surface area contributed by atoms with Crippen LogP contribution >= 0.6 is 0 Å². The van der Waals surface area contributed by atoms with E-state index in [0.717, 1.165) is 37.7 Å². The van der Waals surface area contributed by atoms with E-state index in [-0.39, 0.29) is 11.6 Å². The monoisotopic (exact) mass is 322 g/mol. The third kappa shape index (κ3) is 4.08. The summed E-state index contributed by atoms with van der Waals surface area (Å²) in [7, 11) is 0. The molecule has 3 nitrogen and oxygen atoms in total. The molecule has 2 fully saturated rings. The number of nitrogens with one attached hydrogen (secondary N) is 1. The van der Waals surface area contributed by atoms with Crippen LogP contribution in [0.4, 0.5) is 8.78 Å². The summed E-state index contributed by atoms with van der Waals surface area (Å²) in [6.45, 7) is 1.79. The van der Waals surface area contributed by atoms with Gasteiger partial charge in [-0.25, -0.2) is 8.78 Å². The molecule has 1 N–H and O–H groups in total. The molecule has 1 aliphatic heterocycles. The van der Waals surface area contributed by atoms with Crippen LogP contribution in [0.1, 0.15) is 55.3 Å². The van der Waals surface area contributed by atoms with Gasteiger partial charge in [0.25, 0.3) is 5.91 Å². The van der Waals surface area contributed by atoms with Gasteiger partial charge in [-0.2, -0.15) is 0 Å². The van der Waals surface area contributed by atoms with E-state index in [4.69, 9.17) is 0 Å². The van der Waals surface area contributed by atoms with Gasteiger partial charge in [0.05, 0.1) is 5.56 Å². The third-order valence-corrected chi connectivity index (χ3v) is 5.07. The minimum atomic E-state index is -0.678. The Morgan fingerprint density at radius 2 is 1.83 bits per heavy atom. The average Bonchev–Trinajstić information content (AvgIpc) is 2.82. The minimum absolute atomic E-state index is 0.0217. The zero-order valence-electron chi connectivity index (χ0n) is 13.4. The Balaban J connectivity index is 1.57. The van der Waals surface area contributed by atoms with Crippen LogP contribution in [0.3, 0.4) is 0 Å². The normalized spacial score (nSPS) is 23.7. The molecule has 1 aliphatic carbocycles. The summed E-state index contributed by atoms with van der Waals surface area (Å²) in [6.07, 6.45) is 8.56. The van der Waals surface area contributed by atoms with Crippen LogP contribution in [0.25, 0.3) is 0 Å². The van der Waals surface area contributed by atoms with Gasteiger partial charge < -0.3 is 5.32 Å². The summed E-state index contributed by atoms with van der Waals surface area (Å²) in [5, 5.41) is 2.86. The SMILES string of the molecule is O=C(N[C@H]1CCN(C2CCCCCC2)C1)c1cc(F)ccc1F. The predicted molar refractivity (Wildman–Crippen MR) is 85.3 cm³/mol. The van der Waals surface area contributed by atoms with Crippen molar-refractivity contribution in [3.8, 4) is 0 Å². The molecule has 0 aromatic heterocycles.